The van der Waals surface area contributed by atoms with E-state index in [9.17, 15) is 4.79 Å². The summed E-state index contributed by atoms with van der Waals surface area (Å²) in [6.45, 7) is 4.14. The minimum Gasteiger partial charge on any atom is -0.363 e. The molecule has 0 bridgehead atoms. The van der Waals surface area contributed by atoms with E-state index in [4.69, 9.17) is 9.47 Å². The molecule has 1 spiro atoms. The Morgan fingerprint density at radius 1 is 1.35 bits per heavy atom. The van der Waals surface area contributed by atoms with Crippen LogP contribution in [0.25, 0.3) is 0 Å². The number of aryl methyl sites for hydroxylation is 1. The third-order valence-electron chi connectivity index (χ3n) is 4.62. The Kier molecular flexibility index (Phi) is 2.53. The van der Waals surface area contributed by atoms with Gasteiger partial charge in [-0.1, -0.05) is 29.5 Å². The molecule has 5 atom stereocenters. The number of epoxide rings is 2. The van der Waals surface area contributed by atoms with Crippen molar-refractivity contribution in [1.82, 2.24) is 5.32 Å². The van der Waals surface area contributed by atoms with Crippen molar-refractivity contribution in [3.63, 3.8) is 0 Å². The van der Waals surface area contributed by atoms with Gasteiger partial charge in [-0.05, 0) is 26.0 Å². The van der Waals surface area contributed by atoms with Gasteiger partial charge in [-0.25, -0.2) is 0 Å². The molecule has 2 aliphatic heterocycles. The SMILES string of the molecule is Cc1ccc(S[C@@]2(NC=O)C[C@]3(O[C@@H]3C)[C@@H]3O[C@@H]32)cc1. The number of fused-ring (bicyclic) bond motifs is 2. The second-order valence-corrected chi connectivity index (χ2v) is 7.34. The fraction of sp³-hybridized carbons (Fsp3) is 0.533. The lowest BCUT2D eigenvalue weighted by molar-refractivity contribution is -0.110. The molecule has 1 aliphatic carbocycles. The number of hydrogen-bond acceptors (Lipinski definition) is 4. The molecule has 1 aromatic rings. The molecule has 3 aliphatic rings. The number of ether oxygens (including phenoxy) is 2. The molecule has 106 valence electrons. The van der Waals surface area contributed by atoms with Gasteiger partial charge < -0.3 is 14.8 Å². The number of carbonyl (C=O) groups is 1. The molecular formula is C15H17NO3S. The van der Waals surface area contributed by atoms with E-state index in [1.807, 2.05) is 0 Å². The van der Waals surface area contributed by atoms with Gasteiger partial charge in [0.05, 0.1) is 6.10 Å². The van der Waals surface area contributed by atoms with Crippen LogP contribution in [0.3, 0.4) is 0 Å². The number of hydrogen-bond donors (Lipinski definition) is 1. The van der Waals surface area contributed by atoms with Crippen LogP contribution in [0.1, 0.15) is 18.9 Å². The molecule has 20 heavy (non-hydrogen) atoms. The standard InChI is InChI=1S/C15H17NO3S/c1-9-3-5-11(6-4-9)20-15(16-8-17)7-14(10(2)19-14)12-13(15)18-12/h3-6,8,10,12-13H,7H2,1-2H3,(H,16,17)/t10-,12-,13+,14-,15+/m1/s1. The van der Waals surface area contributed by atoms with E-state index in [0.717, 1.165) is 17.7 Å². The van der Waals surface area contributed by atoms with Gasteiger partial charge in [-0.2, -0.15) is 0 Å². The number of rotatable bonds is 4. The molecule has 4 rings (SSSR count). The maximum absolute atomic E-state index is 11.1. The smallest absolute Gasteiger partial charge is 0.208 e. The average Bonchev–Trinajstić information content (AvgIpc) is 3.29. The zero-order chi connectivity index (χ0) is 14.0. The summed E-state index contributed by atoms with van der Waals surface area (Å²) in [6.07, 6.45) is 2.03. The molecule has 2 heterocycles. The van der Waals surface area contributed by atoms with Crippen molar-refractivity contribution in [2.45, 2.75) is 53.9 Å². The van der Waals surface area contributed by atoms with Crippen LogP contribution in [0, 0.1) is 6.92 Å². The van der Waals surface area contributed by atoms with E-state index in [1.54, 1.807) is 11.8 Å². The summed E-state index contributed by atoms with van der Waals surface area (Å²) in [7, 11) is 0. The fourth-order valence-corrected chi connectivity index (χ4v) is 4.79. The topological polar surface area (TPSA) is 54.2 Å². The van der Waals surface area contributed by atoms with Crippen molar-refractivity contribution in [1.29, 1.82) is 0 Å². The largest absolute Gasteiger partial charge is 0.363 e. The molecule has 1 saturated carbocycles. The lowest BCUT2D eigenvalue weighted by Crippen LogP contribution is -2.45. The number of carbonyl (C=O) groups excluding carboxylic acids is 1. The van der Waals surface area contributed by atoms with Crippen molar-refractivity contribution >= 4 is 18.2 Å². The van der Waals surface area contributed by atoms with Crippen molar-refractivity contribution in [3.05, 3.63) is 29.8 Å². The fourth-order valence-electron chi connectivity index (χ4n) is 3.40. The summed E-state index contributed by atoms with van der Waals surface area (Å²) in [4.78, 5) is 11.8. The number of thioether (sulfide) groups is 1. The lowest BCUT2D eigenvalue weighted by Gasteiger charge is -2.29. The first-order chi connectivity index (χ1) is 9.59. The Bertz CT molecular complexity index is 563. The normalized spacial score (nSPS) is 44.2. The quantitative estimate of drug-likeness (QED) is 0.522. The van der Waals surface area contributed by atoms with Gasteiger partial charge in [0.15, 0.2) is 0 Å². The minimum atomic E-state index is -0.396. The van der Waals surface area contributed by atoms with Gasteiger partial charge >= 0.3 is 0 Å². The summed E-state index contributed by atoms with van der Waals surface area (Å²) in [6, 6.07) is 8.36. The molecular weight excluding hydrogens is 274 g/mol. The van der Waals surface area contributed by atoms with Crippen LogP contribution in [0.4, 0.5) is 0 Å². The third-order valence-corrected chi connectivity index (χ3v) is 5.99. The summed E-state index contributed by atoms with van der Waals surface area (Å²) >= 11 is 1.68. The van der Waals surface area contributed by atoms with E-state index in [1.165, 1.54) is 5.56 Å². The van der Waals surface area contributed by atoms with E-state index in [-0.39, 0.29) is 23.9 Å². The summed E-state index contributed by atoms with van der Waals surface area (Å²) in [5, 5.41) is 3.01. The first-order valence-electron chi connectivity index (χ1n) is 6.90. The second-order valence-electron chi connectivity index (χ2n) is 5.94. The van der Waals surface area contributed by atoms with Crippen LogP contribution < -0.4 is 5.32 Å². The average molecular weight is 291 g/mol. The minimum absolute atomic E-state index is 0.0592. The van der Waals surface area contributed by atoms with Crippen molar-refractivity contribution < 1.29 is 14.3 Å². The molecule has 1 aromatic carbocycles. The van der Waals surface area contributed by atoms with E-state index in [2.05, 4.69) is 43.4 Å². The van der Waals surface area contributed by atoms with Crippen LogP contribution in [-0.4, -0.2) is 35.2 Å². The number of amides is 1. The zero-order valence-corrected chi connectivity index (χ0v) is 12.3. The maximum Gasteiger partial charge on any atom is 0.208 e. The van der Waals surface area contributed by atoms with Crippen LogP contribution in [0.15, 0.2) is 29.2 Å². The lowest BCUT2D eigenvalue weighted by atomic mass is 10.0. The zero-order valence-electron chi connectivity index (χ0n) is 11.5. The highest BCUT2D eigenvalue weighted by Gasteiger charge is 2.80. The van der Waals surface area contributed by atoms with Crippen LogP contribution >= 0.6 is 11.8 Å². The van der Waals surface area contributed by atoms with Gasteiger partial charge in [0.25, 0.3) is 0 Å². The highest BCUT2D eigenvalue weighted by Crippen LogP contribution is 2.65. The van der Waals surface area contributed by atoms with Crippen molar-refractivity contribution in [2.24, 2.45) is 0 Å². The van der Waals surface area contributed by atoms with Crippen molar-refractivity contribution in [3.8, 4) is 0 Å². The van der Waals surface area contributed by atoms with Crippen LogP contribution in [0.2, 0.25) is 0 Å². The molecule has 3 fully saturated rings. The first-order valence-corrected chi connectivity index (χ1v) is 7.72. The van der Waals surface area contributed by atoms with Crippen LogP contribution in [0.5, 0.6) is 0 Å². The predicted molar refractivity (Wildman–Crippen MR) is 75.5 cm³/mol. The van der Waals surface area contributed by atoms with Gasteiger partial charge in [0, 0.05) is 11.3 Å². The maximum atomic E-state index is 11.1. The van der Waals surface area contributed by atoms with E-state index < -0.39 is 4.87 Å². The number of nitrogens with one attached hydrogen (secondary N) is 1. The molecule has 0 unspecified atom stereocenters. The first kappa shape index (κ1) is 12.7. The third kappa shape index (κ3) is 1.66. The Morgan fingerprint density at radius 2 is 2.05 bits per heavy atom. The van der Waals surface area contributed by atoms with E-state index >= 15 is 0 Å². The highest BCUT2D eigenvalue weighted by atomic mass is 32.2. The monoisotopic (exact) mass is 291 g/mol. The predicted octanol–water partition coefficient (Wildman–Crippen LogP) is 1.86. The van der Waals surface area contributed by atoms with Crippen molar-refractivity contribution in [2.75, 3.05) is 0 Å². The van der Waals surface area contributed by atoms with Gasteiger partial charge in [-0.3, -0.25) is 4.79 Å². The van der Waals surface area contributed by atoms with Gasteiger partial charge in [0.1, 0.15) is 22.7 Å². The Morgan fingerprint density at radius 3 is 2.60 bits per heavy atom. The Labute approximate surface area is 122 Å². The molecule has 1 amide bonds. The number of benzene rings is 1. The van der Waals surface area contributed by atoms with E-state index in [0.29, 0.717) is 0 Å². The molecule has 4 nitrogen and oxygen atoms in total. The summed E-state index contributed by atoms with van der Waals surface area (Å²) < 4.78 is 11.6. The molecule has 0 aromatic heterocycles. The summed E-state index contributed by atoms with van der Waals surface area (Å²) in [5.74, 6) is 0. The Balaban J connectivity index is 1.62. The molecule has 2 saturated heterocycles. The Hall–Kier alpha value is -1.04. The summed E-state index contributed by atoms with van der Waals surface area (Å²) in [5.41, 5.74) is 1.06. The molecule has 0 radical (unpaired) electrons. The molecule has 5 heteroatoms. The second kappa shape index (κ2) is 4.00. The highest BCUT2D eigenvalue weighted by molar-refractivity contribution is 8.00. The van der Waals surface area contributed by atoms with Gasteiger partial charge in [-0.15, -0.1) is 0 Å². The van der Waals surface area contributed by atoms with Crippen LogP contribution in [-0.2, 0) is 14.3 Å². The van der Waals surface area contributed by atoms with Gasteiger partial charge in [0.2, 0.25) is 6.41 Å². The molecule has 1 N–H and O–H groups in total.